The second kappa shape index (κ2) is 6.27. The minimum Gasteiger partial charge on any atom is -0.328 e. The van der Waals surface area contributed by atoms with Gasteiger partial charge in [0.2, 0.25) is 0 Å². The summed E-state index contributed by atoms with van der Waals surface area (Å²) in [6.45, 7) is 1.86. The number of hydrogen-bond donors (Lipinski definition) is 3. The molecule has 2 heterocycles. The van der Waals surface area contributed by atoms with Crippen molar-refractivity contribution in [3.63, 3.8) is 0 Å². The fraction of sp³-hybridized carbons (Fsp3) is 0.125. The van der Waals surface area contributed by atoms with E-state index in [4.69, 9.17) is 0 Å². The molecule has 0 saturated carbocycles. The van der Waals surface area contributed by atoms with E-state index in [9.17, 15) is 9.59 Å². The maximum atomic E-state index is 12.1. The van der Waals surface area contributed by atoms with Crippen LogP contribution in [0.15, 0.2) is 53.9 Å². The fourth-order valence-corrected chi connectivity index (χ4v) is 2.24. The average molecular weight is 309 g/mol. The lowest BCUT2D eigenvalue weighted by molar-refractivity contribution is 0.102. The maximum absolute atomic E-state index is 12.1. The van der Waals surface area contributed by atoms with Crippen LogP contribution in [0.2, 0.25) is 0 Å². The zero-order valence-corrected chi connectivity index (χ0v) is 12.4. The summed E-state index contributed by atoms with van der Waals surface area (Å²) >= 11 is 0. The molecule has 3 rings (SSSR count). The van der Waals surface area contributed by atoms with Crippen LogP contribution in [-0.4, -0.2) is 28.7 Å². The van der Waals surface area contributed by atoms with Crippen LogP contribution in [0.5, 0.6) is 0 Å². The molecule has 116 valence electrons. The van der Waals surface area contributed by atoms with Gasteiger partial charge in [-0.25, -0.2) is 10.2 Å². The van der Waals surface area contributed by atoms with Crippen LogP contribution in [0.25, 0.3) is 0 Å². The van der Waals surface area contributed by atoms with E-state index in [0.717, 1.165) is 11.3 Å². The third kappa shape index (κ3) is 3.34. The Kier molecular flexibility index (Phi) is 4.01. The summed E-state index contributed by atoms with van der Waals surface area (Å²) in [5, 5.41) is 9.60. The first-order chi connectivity index (χ1) is 11.1. The van der Waals surface area contributed by atoms with Crippen LogP contribution in [-0.2, 0) is 0 Å². The maximum Gasteiger partial charge on any atom is 0.335 e. The van der Waals surface area contributed by atoms with Crippen molar-refractivity contribution in [2.45, 2.75) is 13.0 Å². The predicted octanol–water partition coefficient (Wildman–Crippen LogP) is 1.74. The number of carbonyl (C=O) groups excluding carboxylic acids is 2. The van der Waals surface area contributed by atoms with E-state index in [1.165, 1.54) is 6.20 Å². The summed E-state index contributed by atoms with van der Waals surface area (Å²) in [5.41, 5.74) is 5.15. The SMILES string of the molecule is CC1NC(=O)NN=C1c1ccc(NC(=O)c2cccnc2)cc1. The molecule has 7 heteroatoms. The van der Waals surface area contributed by atoms with E-state index in [1.807, 2.05) is 19.1 Å². The summed E-state index contributed by atoms with van der Waals surface area (Å²) < 4.78 is 0. The highest BCUT2D eigenvalue weighted by Gasteiger charge is 2.20. The Hall–Kier alpha value is -3.22. The molecule has 0 spiro atoms. The summed E-state index contributed by atoms with van der Waals surface area (Å²) in [4.78, 5) is 27.2. The molecule has 1 atom stereocenters. The van der Waals surface area contributed by atoms with Crippen LogP contribution in [0.4, 0.5) is 10.5 Å². The molecule has 7 nitrogen and oxygen atoms in total. The van der Waals surface area contributed by atoms with Crippen LogP contribution in [0.3, 0.4) is 0 Å². The number of hydrazone groups is 1. The number of carbonyl (C=O) groups is 2. The first-order valence-electron chi connectivity index (χ1n) is 7.09. The molecular formula is C16H15N5O2. The van der Waals surface area contributed by atoms with E-state index in [1.54, 1.807) is 30.5 Å². The number of pyridine rings is 1. The average Bonchev–Trinajstić information content (AvgIpc) is 2.57. The minimum atomic E-state index is -0.318. The van der Waals surface area contributed by atoms with E-state index < -0.39 is 0 Å². The second-order valence-corrected chi connectivity index (χ2v) is 5.08. The first kappa shape index (κ1) is 14.7. The van der Waals surface area contributed by atoms with Crippen LogP contribution in [0.1, 0.15) is 22.8 Å². The Morgan fingerprint density at radius 1 is 1.22 bits per heavy atom. The van der Waals surface area contributed by atoms with Crippen molar-refractivity contribution in [1.29, 1.82) is 0 Å². The van der Waals surface area contributed by atoms with E-state index in [2.05, 4.69) is 26.1 Å². The Balaban J connectivity index is 1.73. The standard InChI is InChI=1S/C16H15N5O2/c1-10-14(20-21-16(23)18-10)11-4-6-13(7-5-11)19-15(22)12-3-2-8-17-9-12/h2-10H,1H3,(H,19,22)(H2,18,21,23). The van der Waals surface area contributed by atoms with Gasteiger partial charge >= 0.3 is 6.03 Å². The number of nitrogens with one attached hydrogen (secondary N) is 3. The van der Waals surface area contributed by atoms with Gasteiger partial charge in [-0.2, -0.15) is 5.10 Å². The largest absolute Gasteiger partial charge is 0.335 e. The van der Waals surface area contributed by atoms with Crippen LogP contribution >= 0.6 is 0 Å². The Morgan fingerprint density at radius 3 is 2.65 bits per heavy atom. The van der Waals surface area contributed by atoms with Crippen molar-refractivity contribution in [2.24, 2.45) is 5.10 Å². The molecule has 3 N–H and O–H groups in total. The Labute approximate surface area is 132 Å². The Bertz CT molecular complexity index is 756. The molecule has 0 saturated heterocycles. The van der Waals surface area contributed by atoms with Gasteiger partial charge in [-0.1, -0.05) is 12.1 Å². The van der Waals surface area contributed by atoms with Crippen molar-refractivity contribution in [3.05, 3.63) is 59.9 Å². The first-order valence-corrected chi connectivity index (χ1v) is 7.09. The summed E-state index contributed by atoms with van der Waals surface area (Å²) in [6, 6.07) is 10.2. The molecule has 1 aliphatic rings. The molecule has 23 heavy (non-hydrogen) atoms. The molecule has 3 amide bonds. The quantitative estimate of drug-likeness (QED) is 0.806. The van der Waals surface area contributed by atoms with Gasteiger partial charge in [0.05, 0.1) is 17.3 Å². The summed E-state index contributed by atoms with van der Waals surface area (Å²) in [6.07, 6.45) is 3.13. The lowest BCUT2D eigenvalue weighted by Gasteiger charge is -2.21. The minimum absolute atomic E-state index is 0.181. The molecule has 1 aromatic carbocycles. The van der Waals surface area contributed by atoms with Crippen LogP contribution < -0.4 is 16.1 Å². The monoisotopic (exact) mass is 309 g/mol. The zero-order chi connectivity index (χ0) is 16.2. The highest BCUT2D eigenvalue weighted by molar-refractivity contribution is 6.08. The van der Waals surface area contributed by atoms with Gasteiger partial charge < -0.3 is 10.6 Å². The fourth-order valence-electron chi connectivity index (χ4n) is 2.24. The molecule has 0 fully saturated rings. The lowest BCUT2D eigenvalue weighted by Crippen LogP contribution is -2.48. The number of aromatic nitrogens is 1. The Morgan fingerprint density at radius 2 is 2.00 bits per heavy atom. The van der Waals surface area contributed by atoms with Crippen molar-refractivity contribution in [2.75, 3.05) is 5.32 Å². The highest BCUT2D eigenvalue weighted by atomic mass is 16.2. The molecule has 0 radical (unpaired) electrons. The van der Waals surface area contributed by atoms with Crippen molar-refractivity contribution in [3.8, 4) is 0 Å². The number of rotatable bonds is 3. The predicted molar refractivity (Wildman–Crippen MR) is 86.3 cm³/mol. The highest BCUT2D eigenvalue weighted by Crippen LogP contribution is 2.14. The number of hydrogen-bond acceptors (Lipinski definition) is 4. The summed E-state index contributed by atoms with van der Waals surface area (Å²) in [5.74, 6) is -0.219. The topological polar surface area (TPSA) is 95.5 Å². The van der Waals surface area contributed by atoms with Gasteiger partial charge in [-0.05, 0) is 31.2 Å². The molecular weight excluding hydrogens is 294 g/mol. The van der Waals surface area contributed by atoms with Crippen molar-refractivity contribution < 1.29 is 9.59 Å². The van der Waals surface area contributed by atoms with Gasteiger partial charge in [0.15, 0.2) is 0 Å². The van der Waals surface area contributed by atoms with E-state index >= 15 is 0 Å². The van der Waals surface area contributed by atoms with E-state index in [-0.39, 0.29) is 18.0 Å². The molecule has 2 aromatic rings. The van der Waals surface area contributed by atoms with Gasteiger partial charge in [0.25, 0.3) is 5.91 Å². The molecule has 0 bridgehead atoms. The summed E-state index contributed by atoms with van der Waals surface area (Å²) in [7, 11) is 0. The second-order valence-electron chi connectivity index (χ2n) is 5.08. The van der Waals surface area contributed by atoms with Gasteiger partial charge in [-0.15, -0.1) is 0 Å². The molecule has 1 unspecified atom stereocenters. The smallest absolute Gasteiger partial charge is 0.328 e. The number of anilines is 1. The number of nitrogens with zero attached hydrogens (tertiary/aromatic N) is 2. The van der Waals surface area contributed by atoms with Crippen LogP contribution in [0, 0.1) is 0 Å². The number of urea groups is 1. The molecule has 1 aliphatic heterocycles. The van der Waals surface area contributed by atoms with Crippen molar-refractivity contribution >= 4 is 23.3 Å². The normalized spacial score (nSPS) is 16.8. The van der Waals surface area contributed by atoms with Gasteiger partial charge in [-0.3, -0.25) is 9.78 Å². The third-order valence-electron chi connectivity index (χ3n) is 3.40. The van der Waals surface area contributed by atoms with Gasteiger partial charge in [0, 0.05) is 23.6 Å². The number of amides is 3. The lowest BCUT2D eigenvalue weighted by atomic mass is 10.0. The third-order valence-corrected chi connectivity index (χ3v) is 3.40. The van der Waals surface area contributed by atoms with Gasteiger partial charge in [0.1, 0.15) is 0 Å². The van der Waals surface area contributed by atoms with E-state index in [0.29, 0.717) is 11.3 Å². The zero-order valence-electron chi connectivity index (χ0n) is 12.4. The number of benzene rings is 1. The molecule has 1 aromatic heterocycles. The molecule has 0 aliphatic carbocycles. The van der Waals surface area contributed by atoms with Crippen molar-refractivity contribution in [1.82, 2.24) is 15.7 Å².